The van der Waals surface area contributed by atoms with E-state index in [1.54, 1.807) is 0 Å². The van der Waals surface area contributed by atoms with Crippen LogP contribution in [0.2, 0.25) is 0 Å². The van der Waals surface area contributed by atoms with Crippen molar-refractivity contribution in [3.8, 4) is 0 Å². The Bertz CT molecular complexity index is 472. The first kappa shape index (κ1) is 12.2. The number of allylic oxidation sites excluding steroid dienone is 2. The van der Waals surface area contributed by atoms with Crippen LogP contribution in [0.3, 0.4) is 0 Å². The van der Waals surface area contributed by atoms with Gasteiger partial charge in [-0.3, -0.25) is 9.59 Å². The molecule has 2 N–H and O–H groups in total. The summed E-state index contributed by atoms with van der Waals surface area (Å²) in [5, 5.41) is 11.9. The number of esters is 1. The molecule has 5 unspecified atom stereocenters. The molecule has 0 radical (unpaired) electrons. The zero-order chi connectivity index (χ0) is 13.6. The second-order valence-corrected chi connectivity index (χ2v) is 5.36. The summed E-state index contributed by atoms with van der Waals surface area (Å²) in [7, 11) is 0. The molecule has 0 aromatic rings. The van der Waals surface area contributed by atoms with Gasteiger partial charge in [0.2, 0.25) is 5.91 Å². The van der Waals surface area contributed by atoms with Gasteiger partial charge in [-0.25, -0.2) is 4.79 Å². The van der Waals surface area contributed by atoms with Gasteiger partial charge in [0.05, 0.1) is 18.4 Å². The van der Waals surface area contributed by atoms with Gasteiger partial charge in [0, 0.05) is 6.42 Å². The summed E-state index contributed by atoms with van der Waals surface area (Å²) in [4.78, 5) is 34.9. The standard InChI is InChI=1S/C13H15NO5/c15-11(14-8-3-4-19-13(8)18)9-6-1-2-7(5-6)10(9)12(16)17/h1-2,6-10H,3-5H2,(H,14,15)(H,16,17). The Morgan fingerprint density at radius 3 is 2.53 bits per heavy atom. The zero-order valence-corrected chi connectivity index (χ0v) is 10.2. The van der Waals surface area contributed by atoms with Crippen LogP contribution in [0, 0.1) is 23.7 Å². The lowest BCUT2D eigenvalue weighted by atomic mass is 9.82. The maximum atomic E-state index is 12.2. The van der Waals surface area contributed by atoms with Crippen molar-refractivity contribution in [1.82, 2.24) is 5.32 Å². The highest BCUT2D eigenvalue weighted by Gasteiger charge is 2.52. The topological polar surface area (TPSA) is 92.7 Å². The van der Waals surface area contributed by atoms with Crippen molar-refractivity contribution in [2.75, 3.05) is 6.61 Å². The van der Waals surface area contributed by atoms with Gasteiger partial charge in [0.15, 0.2) is 0 Å². The molecule has 1 saturated carbocycles. The predicted octanol–water partition coefficient (Wildman–Crippen LogP) is -0.0590. The highest BCUT2D eigenvalue weighted by atomic mass is 16.5. The summed E-state index contributed by atoms with van der Waals surface area (Å²) in [6, 6.07) is -0.620. The smallest absolute Gasteiger partial charge is 0.328 e. The fraction of sp³-hybridized carbons (Fsp3) is 0.615. The van der Waals surface area contributed by atoms with Crippen molar-refractivity contribution in [3.05, 3.63) is 12.2 Å². The predicted molar refractivity (Wildman–Crippen MR) is 62.9 cm³/mol. The molecule has 3 aliphatic rings. The van der Waals surface area contributed by atoms with Gasteiger partial charge >= 0.3 is 11.9 Å². The van der Waals surface area contributed by atoms with E-state index in [9.17, 15) is 19.5 Å². The van der Waals surface area contributed by atoms with E-state index in [-0.39, 0.29) is 17.7 Å². The van der Waals surface area contributed by atoms with Gasteiger partial charge in [-0.05, 0) is 18.3 Å². The van der Waals surface area contributed by atoms with E-state index in [2.05, 4.69) is 5.32 Å². The third-order valence-corrected chi connectivity index (χ3v) is 4.30. The average molecular weight is 265 g/mol. The summed E-state index contributed by atoms with van der Waals surface area (Å²) >= 11 is 0. The molecule has 6 heteroatoms. The number of ether oxygens (including phenoxy) is 1. The Balaban J connectivity index is 1.73. The minimum Gasteiger partial charge on any atom is -0.481 e. The number of nitrogens with one attached hydrogen (secondary N) is 1. The van der Waals surface area contributed by atoms with Gasteiger partial charge in [-0.2, -0.15) is 0 Å². The fourth-order valence-electron chi connectivity index (χ4n) is 3.41. The molecule has 102 valence electrons. The first-order valence-electron chi connectivity index (χ1n) is 6.46. The van der Waals surface area contributed by atoms with E-state index < -0.39 is 29.8 Å². The van der Waals surface area contributed by atoms with Gasteiger partial charge in [-0.15, -0.1) is 0 Å². The number of cyclic esters (lactones) is 1. The van der Waals surface area contributed by atoms with Crippen molar-refractivity contribution in [3.63, 3.8) is 0 Å². The normalized spacial score (nSPS) is 39.4. The molecular weight excluding hydrogens is 250 g/mol. The van der Waals surface area contributed by atoms with Crippen molar-refractivity contribution >= 4 is 17.8 Å². The van der Waals surface area contributed by atoms with Crippen LogP contribution >= 0.6 is 0 Å². The highest BCUT2D eigenvalue weighted by molar-refractivity contribution is 5.90. The molecule has 1 saturated heterocycles. The second-order valence-electron chi connectivity index (χ2n) is 5.36. The molecule has 2 aliphatic carbocycles. The average Bonchev–Trinajstić information content (AvgIpc) is 3.04. The minimum absolute atomic E-state index is 0.0245. The number of fused-ring (bicyclic) bond motifs is 2. The van der Waals surface area contributed by atoms with Crippen molar-refractivity contribution in [2.45, 2.75) is 18.9 Å². The third-order valence-electron chi connectivity index (χ3n) is 4.30. The number of carbonyl (C=O) groups excluding carboxylic acids is 2. The van der Waals surface area contributed by atoms with E-state index >= 15 is 0 Å². The van der Waals surface area contributed by atoms with Crippen molar-refractivity contribution in [2.24, 2.45) is 23.7 Å². The molecule has 3 rings (SSSR count). The van der Waals surface area contributed by atoms with Crippen LogP contribution in [0.25, 0.3) is 0 Å². The number of hydrogen-bond acceptors (Lipinski definition) is 4. The molecule has 5 atom stereocenters. The zero-order valence-electron chi connectivity index (χ0n) is 10.2. The molecule has 2 fully saturated rings. The van der Waals surface area contributed by atoms with Gasteiger partial charge in [0.25, 0.3) is 0 Å². The lowest BCUT2D eigenvalue weighted by Crippen LogP contribution is -2.45. The lowest BCUT2D eigenvalue weighted by molar-refractivity contribution is -0.148. The summed E-state index contributed by atoms with van der Waals surface area (Å²) in [5.41, 5.74) is 0. The molecule has 0 spiro atoms. The molecule has 19 heavy (non-hydrogen) atoms. The quantitative estimate of drug-likeness (QED) is 0.551. The molecule has 1 aliphatic heterocycles. The number of hydrogen-bond donors (Lipinski definition) is 2. The number of carboxylic acid groups (broad SMARTS) is 1. The van der Waals surface area contributed by atoms with E-state index in [1.165, 1.54) is 0 Å². The molecule has 1 amide bonds. The van der Waals surface area contributed by atoms with Crippen LogP contribution in [0.1, 0.15) is 12.8 Å². The largest absolute Gasteiger partial charge is 0.481 e. The van der Waals surface area contributed by atoms with Crippen LogP contribution in [0.4, 0.5) is 0 Å². The SMILES string of the molecule is O=C1OCCC1NC(=O)C1C2C=CC(C2)C1C(=O)O. The molecule has 1 heterocycles. The first-order valence-corrected chi connectivity index (χ1v) is 6.46. The van der Waals surface area contributed by atoms with E-state index in [0.29, 0.717) is 19.4 Å². The van der Waals surface area contributed by atoms with Crippen LogP contribution in [0.5, 0.6) is 0 Å². The Morgan fingerprint density at radius 1 is 1.26 bits per heavy atom. The summed E-state index contributed by atoms with van der Waals surface area (Å²) in [5.74, 6) is -3.04. The van der Waals surface area contributed by atoms with Crippen LogP contribution < -0.4 is 5.32 Å². The Kier molecular flexibility index (Phi) is 2.80. The molecule has 2 bridgehead atoms. The minimum atomic E-state index is -0.939. The Hall–Kier alpha value is -1.85. The molecular formula is C13H15NO5. The fourth-order valence-corrected chi connectivity index (χ4v) is 3.41. The number of carboxylic acids is 1. The van der Waals surface area contributed by atoms with Crippen LogP contribution in [-0.4, -0.2) is 35.6 Å². The van der Waals surface area contributed by atoms with Gasteiger partial charge < -0.3 is 15.2 Å². The number of carbonyl (C=O) groups is 3. The third kappa shape index (κ3) is 1.91. The monoisotopic (exact) mass is 265 g/mol. The first-order chi connectivity index (χ1) is 9.08. The second kappa shape index (κ2) is 4.36. The summed E-state index contributed by atoms with van der Waals surface area (Å²) < 4.78 is 4.78. The number of aliphatic carboxylic acids is 1. The van der Waals surface area contributed by atoms with Crippen molar-refractivity contribution < 1.29 is 24.2 Å². The van der Waals surface area contributed by atoms with Crippen molar-refractivity contribution in [1.29, 1.82) is 0 Å². The maximum absolute atomic E-state index is 12.2. The summed E-state index contributed by atoms with van der Waals surface area (Å²) in [6.45, 7) is 0.308. The Labute approximate surface area is 109 Å². The molecule has 0 aromatic heterocycles. The summed E-state index contributed by atoms with van der Waals surface area (Å²) in [6.07, 6.45) is 4.97. The van der Waals surface area contributed by atoms with Crippen LogP contribution in [-0.2, 0) is 19.1 Å². The van der Waals surface area contributed by atoms with E-state index in [1.807, 2.05) is 12.2 Å². The van der Waals surface area contributed by atoms with Gasteiger partial charge in [0.1, 0.15) is 6.04 Å². The van der Waals surface area contributed by atoms with E-state index in [0.717, 1.165) is 0 Å². The Morgan fingerprint density at radius 2 is 1.95 bits per heavy atom. The highest BCUT2D eigenvalue weighted by Crippen LogP contribution is 2.48. The molecule has 6 nitrogen and oxygen atoms in total. The lowest BCUT2D eigenvalue weighted by Gasteiger charge is -2.24. The van der Waals surface area contributed by atoms with Gasteiger partial charge in [-0.1, -0.05) is 12.2 Å². The van der Waals surface area contributed by atoms with E-state index in [4.69, 9.17) is 4.74 Å². The number of amides is 1. The van der Waals surface area contributed by atoms with Crippen LogP contribution in [0.15, 0.2) is 12.2 Å². The molecule has 0 aromatic carbocycles. The maximum Gasteiger partial charge on any atom is 0.328 e. The number of rotatable bonds is 3.